The first-order valence-electron chi connectivity index (χ1n) is 10.7. The molecule has 0 saturated heterocycles. The maximum Gasteiger partial charge on any atom is 0.459 e. The van der Waals surface area contributed by atoms with Crippen LogP contribution in [0.2, 0.25) is 0 Å². The van der Waals surface area contributed by atoms with Gasteiger partial charge in [-0.2, -0.15) is 50.6 Å². The van der Waals surface area contributed by atoms with Crippen molar-refractivity contribution in [2.45, 2.75) is 50.1 Å². The van der Waals surface area contributed by atoms with Crippen LogP contribution in [0, 0.1) is 11.3 Å². The second-order valence-corrected chi connectivity index (χ2v) is 8.34. The van der Waals surface area contributed by atoms with Crippen LogP contribution < -0.4 is 5.32 Å². The number of nitrogens with one attached hydrogen (secondary N) is 1. The van der Waals surface area contributed by atoms with Gasteiger partial charge in [-0.15, -0.1) is 0 Å². The van der Waals surface area contributed by atoms with E-state index in [9.17, 15) is 39.9 Å². The summed E-state index contributed by atoms with van der Waals surface area (Å²) in [6.45, 7) is 0.740. The number of nitrogens with zero attached hydrogens (tertiary/aromatic N) is 5. The average molecular weight is 532 g/mol. The van der Waals surface area contributed by atoms with Gasteiger partial charge in [0.25, 0.3) is 5.91 Å². The Kier molecular flexibility index (Phi) is 6.04. The van der Waals surface area contributed by atoms with Gasteiger partial charge in [-0.05, 0) is 37.5 Å². The predicted molar refractivity (Wildman–Crippen MR) is 110 cm³/mol. The fourth-order valence-electron chi connectivity index (χ4n) is 3.63. The van der Waals surface area contributed by atoms with Gasteiger partial charge in [-0.3, -0.25) is 4.79 Å². The minimum atomic E-state index is -6.32. The molecule has 1 aliphatic carbocycles. The number of aromatic nitrogens is 4. The molecule has 0 unspecified atom stereocenters. The van der Waals surface area contributed by atoms with Crippen molar-refractivity contribution in [3.05, 3.63) is 53.5 Å². The minimum Gasteiger partial charge on any atom is -0.334 e. The molecule has 0 aliphatic heterocycles. The Bertz CT molecular complexity index is 1390. The lowest BCUT2D eigenvalue weighted by Gasteiger charge is -2.19. The van der Waals surface area contributed by atoms with Gasteiger partial charge < -0.3 is 5.32 Å². The maximum atomic E-state index is 14.0. The molecule has 15 heteroatoms. The van der Waals surface area contributed by atoms with E-state index < -0.39 is 53.3 Å². The topological polar surface area (TPSA) is 88.5 Å². The molecule has 0 atom stereocenters. The van der Waals surface area contributed by atoms with Crippen molar-refractivity contribution in [1.29, 1.82) is 5.26 Å². The third-order valence-corrected chi connectivity index (χ3v) is 5.74. The second-order valence-electron chi connectivity index (χ2n) is 8.34. The SMILES string of the molecule is CCn1nc(C(F)(F)C(F)(F)F)c(C(F)(F)F)c1-n1cc(-c2cccc(C(=O)NC3(C#N)CC3)c2)cn1. The fourth-order valence-corrected chi connectivity index (χ4v) is 3.63. The van der Waals surface area contributed by atoms with Crippen molar-refractivity contribution >= 4 is 5.91 Å². The summed E-state index contributed by atoms with van der Waals surface area (Å²) in [7, 11) is 0. The van der Waals surface area contributed by atoms with E-state index in [1.165, 1.54) is 31.2 Å². The molecule has 1 aromatic carbocycles. The Hall–Kier alpha value is -3.96. The van der Waals surface area contributed by atoms with E-state index in [0.29, 0.717) is 22.2 Å². The number of carbonyl (C=O) groups excluding carboxylic acids is 1. The molecule has 2 heterocycles. The van der Waals surface area contributed by atoms with Crippen LogP contribution in [-0.2, 0) is 18.6 Å². The minimum absolute atomic E-state index is 0.133. The van der Waals surface area contributed by atoms with Gasteiger partial charge in [0.1, 0.15) is 11.1 Å². The molecular formula is C22H16F8N6O. The van der Waals surface area contributed by atoms with E-state index >= 15 is 0 Å². The van der Waals surface area contributed by atoms with Crippen LogP contribution in [-0.4, -0.2) is 37.2 Å². The molecule has 196 valence electrons. The summed E-state index contributed by atoms with van der Waals surface area (Å²) in [5, 5.41) is 18.4. The summed E-state index contributed by atoms with van der Waals surface area (Å²) in [5.41, 5.74) is -5.14. The molecule has 0 bridgehead atoms. The van der Waals surface area contributed by atoms with Crippen LogP contribution in [0.1, 0.15) is 41.4 Å². The van der Waals surface area contributed by atoms with Crippen LogP contribution >= 0.6 is 0 Å². The van der Waals surface area contributed by atoms with E-state index in [4.69, 9.17) is 5.26 Å². The zero-order valence-corrected chi connectivity index (χ0v) is 18.8. The molecule has 4 rings (SSSR count). The molecule has 2 aromatic heterocycles. The second kappa shape index (κ2) is 8.56. The zero-order valence-electron chi connectivity index (χ0n) is 18.8. The lowest BCUT2D eigenvalue weighted by molar-refractivity contribution is -0.292. The van der Waals surface area contributed by atoms with Crippen molar-refractivity contribution in [1.82, 2.24) is 24.9 Å². The Morgan fingerprint density at radius 3 is 2.35 bits per heavy atom. The Morgan fingerprint density at radius 1 is 1.14 bits per heavy atom. The highest BCUT2D eigenvalue weighted by molar-refractivity contribution is 5.96. The lowest BCUT2D eigenvalue weighted by Crippen LogP contribution is -2.36. The van der Waals surface area contributed by atoms with Crippen molar-refractivity contribution in [3.63, 3.8) is 0 Å². The third-order valence-electron chi connectivity index (χ3n) is 5.74. The van der Waals surface area contributed by atoms with Crippen molar-refractivity contribution in [3.8, 4) is 23.0 Å². The molecule has 0 radical (unpaired) electrons. The first-order valence-corrected chi connectivity index (χ1v) is 10.7. The van der Waals surface area contributed by atoms with Crippen molar-refractivity contribution in [2.75, 3.05) is 0 Å². The molecular weight excluding hydrogens is 516 g/mol. The number of carbonyl (C=O) groups is 1. The summed E-state index contributed by atoms with van der Waals surface area (Å²) >= 11 is 0. The summed E-state index contributed by atoms with van der Waals surface area (Å²) in [6, 6.07) is 7.76. The average Bonchev–Trinajstić information content (AvgIpc) is 3.24. The standard InChI is InChI=1S/C22H16F8N6O/c1-2-35-18(15(21(25,26)27)16(34-35)20(23,24)22(28,29)30)36-10-14(9-32-36)12-4-3-5-13(8-12)17(37)33-19(11-31)6-7-19/h3-5,8-10H,2,6-7H2,1H3,(H,33,37). The first-order chi connectivity index (χ1) is 17.1. The largest absolute Gasteiger partial charge is 0.459 e. The molecule has 1 N–H and O–H groups in total. The summed E-state index contributed by atoms with van der Waals surface area (Å²) in [5.74, 6) is -7.57. The monoisotopic (exact) mass is 532 g/mol. The van der Waals surface area contributed by atoms with Gasteiger partial charge in [-0.25, -0.2) is 9.36 Å². The van der Waals surface area contributed by atoms with Crippen LogP contribution in [0.3, 0.4) is 0 Å². The molecule has 3 aromatic rings. The highest BCUT2D eigenvalue weighted by Crippen LogP contribution is 2.49. The van der Waals surface area contributed by atoms with E-state index in [1.54, 1.807) is 0 Å². The molecule has 1 fully saturated rings. The summed E-state index contributed by atoms with van der Waals surface area (Å²) in [6.07, 6.45) is -8.92. The normalized spacial score (nSPS) is 15.4. The molecule has 0 spiro atoms. The van der Waals surface area contributed by atoms with Gasteiger partial charge in [0.15, 0.2) is 11.5 Å². The molecule has 1 aliphatic rings. The molecule has 1 saturated carbocycles. The third kappa shape index (κ3) is 4.63. The summed E-state index contributed by atoms with van der Waals surface area (Å²) in [4.78, 5) is 12.5. The number of benzene rings is 1. The van der Waals surface area contributed by atoms with Gasteiger partial charge in [0, 0.05) is 23.9 Å². The molecule has 1 amide bonds. The Morgan fingerprint density at radius 2 is 1.81 bits per heavy atom. The van der Waals surface area contributed by atoms with E-state index in [1.807, 2.05) is 6.07 Å². The van der Waals surface area contributed by atoms with Crippen LogP contribution in [0.4, 0.5) is 35.1 Å². The molecule has 7 nitrogen and oxygen atoms in total. The number of halogens is 8. The highest BCUT2D eigenvalue weighted by atomic mass is 19.4. The number of amides is 1. The predicted octanol–water partition coefficient (Wildman–Crippen LogP) is 5.21. The number of nitriles is 1. The van der Waals surface area contributed by atoms with Crippen molar-refractivity contribution in [2.24, 2.45) is 0 Å². The van der Waals surface area contributed by atoms with Gasteiger partial charge in [0.2, 0.25) is 0 Å². The van der Waals surface area contributed by atoms with E-state index in [-0.39, 0.29) is 16.7 Å². The maximum absolute atomic E-state index is 14.0. The smallest absolute Gasteiger partial charge is 0.334 e. The van der Waals surface area contributed by atoms with Gasteiger partial charge in [0.05, 0.1) is 12.3 Å². The number of rotatable bonds is 6. The number of hydrogen-bond donors (Lipinski definition) is 1. The molecule has 37 heavy (non-hydrogen) atoms. The summed E-state index contributed by atoms with van der Waals surface area (Å²) < 4.78 is 109. The Balaban J connectivity index is 1.77. The van der Waals surface area contributed by atoms with Gasteiger partial charge >= 0.3 is 18.3 Å². The highest BCUT2D eigenvalue weighted by Gasteiger charge is 2.64. The first kappa shape index (κ1) is 26.1. The van der Waals surface area contributed by atoms with Crippen LogP contribution in [0.5, 0.6) is 0 Å². The number of hydrogen-bond acceptors (Lipinski definition) is 4. The quantitative estimate of drug-likeness (QED) is 0.442. The Labute approximate surface area is 203 Å². The van der Waals surface area contributed by atoms with Crippen LogP contribution in [0.15, 0.2) is 36.7 Å². The number of aryl methyl sites for hydroxylation is 1. The van der Waals surface area contributed by atoms with Crippen LogP contribution in [0.25, 0.3) is 16.9 Å². The zero-order chi connectivity index (χ0) is 27.4. The van der Waals surface area contributed by atoms with E-state index in [2.05, 4.69) is 15.5 Å². The lowest BCUT2D eigenvalue weighted by atomic mass is 10.1. The fraction of sp³-hybridized carbons (Fsp3) is 0.364. The number of alkyl halides is 8. The van der Waals surface area contributed by atoms with E-state index in [0.717, 1.165) is 12.4 Å². The van der Waals surface area contributed by atoms with Gasteiger partial charge in [-0.1, -0.05) is 12.1 Å². The van der Waals surface area contributed by atoms with Crippen molar-refractivity contribution < 1.29 is 39.9 Å².